The SMILES string of the molecule is COc1ccccc1N1CCN(C(=O)c2ccc(Cl)nc2Cl)CC1. The fourth-order valence-electron chi connectivity index (χ4n) is 2.78. The average molecular weight is 366 g/mol. The highest BCUT2D eigenvalue weighted by atomic mass is 35.5. The van der Waals surface area contributed by atoms with Crippen LogP contribution >= 0.6 is 23.2 Å². The van der Waals surface area contributed by atoms with Crippen molar-refractivity contribution in [3.8, 4) is 5.75 Å². The number of carbonyl (C=O) groups is 1. The van der Waals surface area contributed by atoms with Gasteiger partial charge in [0.2, 0.25) is 0 Å². The van der Waals surface area contributed by atoms with Crippen molar-refractivity contribution in [3.63, 3.8) is 0 Å². The number of ether oxygens (including phenoxy) is 1. The molecule has 0 aliphatic carbocycles. The summed E-state index contributed by atoms with van der Waals surface area (Å²) in [6.07, 6.45) is 0. The van der Waals surface area contributed by atoms with E-state index in [2.05, 4.69) is 9.88 Å². The summed E-state index contributed by atoms with van der Waals surface area (Å²) in [5.41, 5.74) is 1.42. The fourth-order valence-corrected chi connectivity index (χ4v) is 3.21. The van der Waals surface area contributed by atoms with Crippen LogP contribution in [0.15, 0.2) is 36.4 Å². The monoisotopic (exact) mass is 365 g/mol. The van der Waals surface area contributed by atoms with Crippen LogP contribution in [-0.4, -0.2) is 49.1 Å². The zero-order valence-corrected chi connectivity index (χ0v) is 14.7. The van der Waals surface area contributed by atoms with Crippen LogP contribution in [0.1, 0.15) is 10.4 Å². The lowest BCUT2D eigenvalue weighted by Crippen LogP contribution is -2.49. The lowest BCUT2D eigenvalue weighted by molar-refractivity contribution is 0.0746. The van der Waals surface area contributed by atoms with E-state index >= 15 is 0 Å². The van der Waals surface area contributed by atoms with Gasteiger partial charge >= 0.3 is 0 Å². The number of rotatable bonds is 3. The van der Waals surface area contributed by atoms with Gasteiger partial charge < -0.3 is 14.5 Å². The quantitative estimate of drug-likeness (QED) is 0.782. The van der Waals surface area contributed by atoms with E-state index in [1.807, 2.05) is 24.3 Å². The summed E-state index contributed by atoms with van der Waals surface area (Å²) >= 11 is 11.8. The first-order chi connectivity index (χ1) is 11.6. The van der Waals surface area contributed by atoms with Crippen molar-refractivity contribution < 1.29 is 9.53 Å². The molecule has 0 unspecified atom stereocenters. The van der Waals surface area contributed by atoms with E-state index in [-0.39, 0.29) is 16.2 Å². The third-order valence-electron chi connectivity index (χ3n) is 4.04. The fraction of sp³-hybridized carbons (Fsp3) is 0.294. The molecule has 0 bridgehead atoms. The van der Waals surface area contributed by atoms with E-state index in [1.54, 1.807) is 24.1 Å². The molecular formula is C17H17Cl2N3O2. The Hall–Kier alpha value is -1.98. The molecule has 0 saturated carbocycles. The van der Waals surface area contributed by atoms with Crippen molar-refractivity contribution in [2.24, 2.45) is 0 Å². The second-order valence-electron chi connectivity index (χ2n) is 5.42. The third kappa shape index (κ3) is 3.42. The Bertz CT molecular complexity index is 746. The molecule has 0 radical (unpaired) electrons. The highest BCUT2D eigenvalue weighted by Gasteiger charge is 2.25. The van der Waals surface area contributed by atoms with Crippen LogP contribution in [-0.2, 0) is 0 Å². The summed E-state index contributed by atoms with van der Waals surface area (Å²) in [7, 11) is 1.66. The Morgan fingerprint density at radius 3 is 2.46 bits per heavy atom. The third-order valence-corrected chi connectivity index (χ3v) is 4.54. The van der Waals surface area contributed by atoms with Gasteiger partial charge in [0, 0.05) is 26.2 Å². The first kappa shape index (κ1) is 16.9. The first-order valence-corrected chi connectivity index (χ1v) is 8.35. The number of para-hydroxylation sites is 2. The molecule has 0 N–H and O–H groups in total. The van der Waals surface area contributed by atoms with Crippen molar-refractivity contribution in [2.45, 2.75) is 0 Å². The van der Waals surface area contributed by atoms with Crippen LogP contribution in [0, 0.1) is 0 Å². The van der Waals surface area contributed by atoms with E-state index < -0.39 is 0 Å². The number of anilines is 1. The van der Waals surface area contributed by atoms with Crippen LogP contribution in [0.2, 0.25) is 10.3 Å². The van der Waals surface area contributed by atoms with Crippen molar-refractivity contribution in [1.82, 2.24) is 9.88 Å². The molecule has 1 aliphatic heterocycles. The second kappa shape index (κ2) is 7.28. The van der Waals surface area contributed by atoms with Gasteiger partial charge in [-0.2, -0.15) is 0 Å². The zero-order chi connectivity index (χ0) is 17.1. The zero-order valence-electron chi connectivity index (χ0n) is 13.2. The normalized spacial score (nSPS) is 14.6. The number of pyridine rings is 1. The number of aromatic nitrogens is 1. The van der Waals surface area contributed by atoms with Gasteiger partial charge in [-0.05, 0) is 24.3 Å². The number of nitrogens with zero attached hydrogens (tertiary/aromatic N) is 3. The lowest BCUT2D eigenvalue weighted by atomic mass is 10.2. The molecule has 5 nitrogen and oxygen atoms in total. The topological polar surface area (TPSA) is 45.7 Å². The molecule has 1 aliphatic rings. The predicted octanol–water partition coefficient (Wildman–Crippen LogP) is 3.36. The van der Waals surface area contributed by atoms with Gasteiger partial charge in [0.15, 0.2) is 0 Å². The molecule has 1 amide bonds. The minimum atomic E-state index is -0.121. The van der Waals surface area contributed by atoms with Crippen molar-refractivity contribution in [2.75, 3.05) is 38.2 Å². The van der Waals surface area contributed by atoms with Gasteiger partial charge in [-0.3, -0.25) is 4.79 Å². The number of piperazine rings is 1. The van der Waals surface area contributed by atoms with Gasteiger partial charge in [-0.1, -0.05) is 35.3 Å². The van der Waals surface area contributed by atoms with Gasteiger partial charge in [0.05, 0.1) is 18.4 Å². The van der Waals surface area contributed by atoms with Gasteiger partial charge in [0.1, 0.15) is 16.1 Å². The van der Waals surface area contributed by atoms with E-state index in [0.717, 1.165) is 24.5 Å². The van der Waals surface area contributed by atoms with E-state index in [0.29, 0.717) is 18.7 Å². The highest BCUT2D eigenvalue weighted by Crippen LogP contribution is 2.28. The molecule has 0 atom stereocenters. The van der Waals surface area contributed by atoms with Gasteiger partial charge in [0.25, 0.3) is 5.91 Å². The smallest absolute Gasteiger partial charge is 0.257 e. The van der Waals surface area contributed by atoms with Crippen LogP contribution in [0.4, 0.5) is 5.69 Å². The Labute approximate surface area is 150 Å². The Kier molecular flexibility index (Phi) is 5.11. The van der Waals surface area contributed by atoms with Gasteiger partial charge in [-0.25, -0.2) is 4.98 Å². The van der Waals surface area contributed by atoms with Crippen LogP contribution in [0.3, 0.4) is 0 Å². The molecule has 3 rings (SSSR count). The maximum atomic E-state index is 12.6. The minimum absolute atomic E-state index is 0.121. The molecule has 24 heavy (non-hydrogen) atoms. The van der Waals surface area contributed by atoms with Gasteiger partial charge in [-0.15, -0.1) is 0 Å². The summed E-state index contributed by atoms with van der Waals surface area (Å²) < 4.78 is 5.41. The number of halogens is 2. The number of carbonyl (C=O) groups excluding carboxylic acids is 1. The molecular weight excluding hydrogens is 349 g/mol. The molecule has 126 valence electrons. The number of benzene rings is 1. The molecule has 7 heteroatoms. The maximum Gasteiger partial charge on any atom is 0.257 e. The molecule has 1 aromatic carbocycles. The second-order valence-corrected chi connectivity index (χ2v) is 6.17. The number of hydrogen-bond donors (Lipinski definition) is 0. The Balaban J connectivity index is 1.69. The van der Waals surface area contributed by atoms with Crippen molar-refractivity contribution >= 4 is 34.8 Å². The van der Waals surface area contributed by atoms with E-state index in [9.17, 15) is 4.79 Å². The maximum absolute atomic E-state index is 12.6. The van der Waals surface area contributed by atoms with Crippen LogP contribution in [0.25, 0.3) is 0 Å². The molecule has 1 aromatic heterocycles. The molecule has 1 saturated heterocycles. The number of amides is 1. The summed E-state index contributed by atoms with van der Waals surface area (Å²) in [4.78, 5) is 20.5. The van der Waals surface area contributed by atoms with E-state index in [1.165, 1.54) is 0 Å². The predicted molar refractivity (Wildman–Crippen MR) is 95.4 cm³/mol. The average Bonchev–Trinajstić information content (AvgIpc) is 2.61. The van der Waals surface area contributed by atoms with Crippen molar-refractivity contribution in [3.05, 3.63) is 52.3 Å². The number of hydrogen-bond acceptors (Lipinski definition) is 4. The van der Waals surface area contributed by atoms with Crippen molar-refractivity contribution in [1.29, 1.82) is 0 Å². The summed E-state index contributed by atoms with van der Waals surface area (Å²) in [6.45, 7) is 2.67. The van der Waals surface area contributed by atoms with E-state index in [4.69, 9.17) is 27.9 Å². The Morgan fingerprint density at radius 1 is 1.08 bits per heavy atom. The highest BCUT2D eigenvalue weighted by molar-refractivity contribution is 6.34. The Morgan fingerprint density at radius 2 is 1.79 bits per heavy atom. The summed E-state index contributed by atoms with van der Waals surface area (Å²) in [5, 5.41) is 0.414. The molecule has 2 heterocycles. The number of methoxy groups -OCH3 is 1. The molecule has 0 spiro atoms. The minimum Gasteiger partial charge on any atom is -0.495 e. The first-order valence-electron chi connectivity index (χ1n) is 7.59. The molecule has 1 fully saturated rings. The summed E-state index contributed by atoms with van der Waals surface area (Å²) in [5.74, 6) is 0.714. The van der Waals surface area contributed by atoms with Crippen LogP contribution in [0.5, 0.6) is 5.75 Å². The standard InChI is InChI=1S/C17H17Cl2N3O2/c1-24-14-5-3-2-4-13(14)21-8-10-22(11-9-21)17(23)12-6-7-15(18)20-16(12)19/h2-7H,8-11H2,1H3. The van der Waals surface area contributed by atoms with Crippen LogP contribution < -0.4 is 9.64 Å². The molecule has 2 aromatic rings. The summed E-state index contributed by atoms with van der Waals surface area (Å²) in [6, 6.07) is 11.1. The largest absolute Gasteiger partial charge is 0.495 e. The lowest BCUT2D eigenvalue weighted by Gasteiger charge is -2.36.